The lowest BCUT2D eigenvalue weighted by Crippen LogP contribution is -2.35. The molecular weight excluding hydrogens is 224 g/mol. The van der Waals surface area contributed by atoms with Crippen molar-refractivity contribution in [2.75, 3.05) is 13.2 Å². The Bertz CT molecular complexity index is 454. The highest BCUT2D eigenvalue weighted by atomic mass is 32.1. The summed E-state index contributed by atoms with van der Waals surface area (Å²) in [4.78, 5) is 4.32. The quantitative estimate of drug-likeness (QED) is 0.719. The first-order valence-electron chi connectivity index (χ1n) is 5.10. The minimum atomic E-state index is -0.265. The van der Waals surface area contributed by atoms with Gasteiger partial charge in [-0.3, -0.25) is 4.98 Å². The number of hydrogen-bond acceptors (Lipinski definition) is 5. The molecule has 16 heavy (non-hydrogen) atoms. The standard InChI is InChI=1S/C11H14N2O2S/c14-6-9(7-15)12-4-8-3-11-10(13-5-8)1-2-16-11/h1-3,5,9,12,14-15H,4,6-7H2. The molecule has 2 rings (SSSR count). The molecule has 86 valence electrons. The number of aliphatic hydroxyl groups excluding tert-OH is 2. The summed E-state index contributed by atoms with van der Waals surface area (Å²) in [6.07, 6.45) is 1.81. The second kappa shape index (κ2) is 5.36. The van der Waals surface area contributed by atoms with Crippen molar-refractivity contribution in [1.29, 1.82) is 0 Å². The third kappa shape index (κ3) is 2.56. The predicted molar refractivity (Wildman–Crippen MR) is 64.4 cm³/mol. The number of aliphatic hydroxyl groups is 2. The van der Waals surface area contributed by atoms with E-state index in [1.54, 1.807) is 11.3 Å². The van der Waals surface area contributed by atoms with Crippen LogP contribution in [-0.4, -0.2) is 34.5 Å². The largest absolute Gasteiger partial charge is 0.395 e. The van der Waals surface area contributed by atoms with E-state index in [9.17, 15) is 0 Å². The van der Waals surface area contributed by atoms with E-state index in [1.165, 1.54) is 0 Å². The number of aromatic nitrogens is 1. The molecule has 0 aromatic carbocycles. The number of thiophene rings is 1. The van der Waals surface area contributed by atoms with E-state index in [0.717, 1.165) is 15.8 Å². The summed E-state index contributed by atoms with van der Waals surface area (Å²) in [5.41, 5.74) is 2.07. The van der Waals surface area contributed by atoms with E-state index in [-0.39, 0.29) is 19.3 Å². The molecule has 0 fully saturated rings. The minimum absolute atomic E-state index is 0.0643. The van der Waals surface area contributed by atoms with Crippen LogP contribution in [0, 0.1) is 0 Å². The summed E-state index contributed by atoms with van der Waals surface area (Å²) in [5, 5.41) is 22.9. The van der Waals surface area contributed by atoms with Crippen molar-refractivity contribution in [2.45, 2.75) is 12.6 Å². The Kier molecular flexibility index (Phi) is 3.84. The van der Waals surface area contributed by atoms with Gasteiger partial charge in [0.1, 0.15) is 0 Å². The van der Waals surface area contributed by atoms with Crippen molar-refractivity contribution < 1.29 is 10.2 Å². The smallest absolute Gasteiger partial charge is 0.0809 e. The first-order chi connectivity index (χ1) is 7.83. The van der Waals surface area contributed by atoms with Crippen LogP contribution in [0.2, 0.25) is 0 Å². The van der Waals surface area contributed by atoms with E-state index in [2.05, 4.69) is 16.4 Å². The number of fused-ring (bicyclic) bond motifs is 1. The zero-order valence-corrected chi connectivity index (χ0v) is 9.57. The SMILES string of the molecule is OCC(CO)NCc1cnc2ccsc2c1. The monoisotopic (exact) mass is 238 g/mol. The molecule has 0 atom stereocenters. The van der Waals surface area contributed by atoms with Gasteiger partial charge in [0.05, 0.1) is 29.5 Å². The first-order valence-corrected chi connectivity index (χ1v) is 5.98. The maximum Gasteiger partial charge on any atom is 0.0809 e. The molecule has 3 N–H and O–H groups in total. The van der Waals surface area contributed by atoms with Crippen molar-refractivity contribution in [1.82, 2.24) is 10.3 Å². The third-order valence-electron chi connectivity index (χ3n) is 2.39. The van der Waals surface area contributed by atoms with Gasteiger partial charge in [-0.2, -0.15) is 0 Å². The van der Waals surface area contributed by atoms with E-state index in [4.69, 9.17) is 10.2 Å². The molecule has 2 aromatic heterocycles. The Labute approximate surface area is 97.6 Å². The van der Waals surface area contributed by atoms with Crippen LogP contribution in [-0.2, 0) is 6.54 Å². The van der Waals surface area contributed by atoms with Crippen molar-refractivity contribution in [3.05, 3.63) is 29.3 Å². The Morgan fingerprint density at radius 2 is 2.19 bits per heavy atom. The summed E-state index contributed by atoms with van der Waals surface area (Å²) in [6.45, 7) is 0.475. The fraction of sp³-hybridized carbons (Fsp3) is 0.364. The predicted octanol–water partition coefficient (Wildman–Crippen LogP) is 0.739. The van der Waals surface area contributed by atoms with Crippen LogP contribution >= 0.6 is 11.3 Å². The van der Waals surface area contributed by atoms with Gasteiger partial charge < -0.3 is 15.5 Å². The molecule has 0 aliphatic rings. The maximum absolute atomic E-state index is 8.91. The van der Waals surface area contributed by atoms with Gasteiger partial charge in [-0.1, -0.05) is 0 Å². The lowest BCUT2D eigenvalue weighted by Gasteiger charge is -2.12. The Morgan fingerprint density at radius 1 is 1.38 bits per heavy atom. The van der Waals surface area contributed by atoms with Crippen molar-refractivity contribution in [2.24, 2.45) is 0 Å². The van der Waals surface area contributed by atoms with Gasteiger partial charge in [-0.25, -0.2) is 0 Å². The normalized spacial score (nSPS) is 11.4. The highest BCUT2D eigenvalue weighted by Gasteiger charge is 2.05. The van der Waals surface area contributed by atoms with E-state index in [0.29, 0.717) is 6.54 Å². The topological polar surface area (TPSA) is 65.4 Å². The molecular formula is C11H14N2O2S. The highest BCUT2D eigenvalue weighted by Crippen LogP contribution is 2.19. The first kappa shape index (κ1) is 11.5. The van der Waals surface area contributed by atoms with Crippen LogP contribution in [0.15, 0.2) is 23.7 Å². The lowest BCUT2D eigenvalue weighted by molar-refractivity contribution is 0.170. The number of hydrogen-bond donors (Lipinski definition) is 3. The second-order valence-corrected chi connectivity index (χ2v) is 4.54. The molecule has 4 nitrogen and oxygen atoms in total. The van der Waals surface area contributed by atoms with Gasteiger partial charge in [0.25, 0.3) is 0 Å². The zero-order valence-electron chi connectivity index (χ0n) is 8.76. The fourth-order valence-corrected chi connectivity index (χ4v) is 2.24. The van der Waals surface area contributed by atoms with Crippen LogP contribution < -0.4 is 5.32 Å². The van der Waals surface area contributed by atoms with Crippen LogP contribution in [0.3, 0.4) is 0 Å². The number of rotatable bonds is 5. The zero-order chi connectivity index (χ0) is 11.4. The molecule has 0 aliphatic carbocycles. The van der Waals surface area contributed by atoms with Crippen molar-refractivity contribution in [3.8, 4) is 0 Å². The van der Waals surface area contributed by atoms with E-state index < -0.39 is 0 Å². The highest BCUT2D eigenvalue weighted by molar-refractivity contribution is 7.17. The Balaban J connectivity index is 2.03. The molecule has 2 heterocycles. The molecule has 0 bridgehead atoms. The molecule has 0 unspecified atom stereocenters. The van der Waals surface area contributed by atoms with Crippen LogP contribution in [0.1, 0.15) is 5.56 Å². The molecule has 0 saturated heterocycles. The molecule has 0 amide bonds. The van der Waals surface area contributed by atoms with E-state index >= 15 is 0 Å². The van der Waals surface area contributed by atoms with Gasteiger partial charge in [0.15, 0.2) is 0 Å². The third-order valence-corrected chi connectivity index (χ3v) is 3.25. The van der Waals surface area contributed by atoms with Gasteiger partial charge in [-0.15, -0.1) is 11.3 Å². The van der Waals surface area contributed by atoms with Crippen LogP contribution in [0.4, 0.5) is 0 Å². The molecule has 0 radical (unpaired) electrons. The number of pyridine rings is 1. The molecule has 5 heteroatoms. The number of nitrogens with zero attached hydrogens (tertiary/aromatic N) is 1. The second-order valence-electron chi connectivity index (χ2n) is 3.59. The number of nitrogens with one attached hydrogen (secondary N) is 1. The summed E-state index contributed by atoms with van der Waals surface area (Å²) in [5.74, 6) is 0. The van der Waals surface area contributed by atoms with Crippen LogP contribution in [0.5, 0.6) is 0 Å². The summed E-state index contributed by atoms with van der Waals surface area (Å²) in [6, 6.07) is 3.80. The Morgan fingerprint density at radius 3 is 2.94 bits per heavy atom. The van der Waals surface area contributed by atoms with Crippen molar-refractivity contribution >= 4 is 21.6 Å². The van der Waals surface area contributed by atoms with Crippen molar-refractivity contribution in [3.63, 3.8) is 0 Å². The summed E-state index contributed by atoms with van der Waals surface area (Å²) in [7, 11) is 0. The van der Waals surface area contributed by atoms with Gasteiger partial charge in [-0.05, 0) is 23.1 Å². The molecule has 0 aliphatic heterocycles. The summed E-state index contributed by atoms with van der Waals surface area (Å²) < 4.78 is 1.16. The van der Waals surface area contributed by atoms with Gasteiger partial charge in [0, 0.05) is 12.7 Å². The average Bonchev–Trinajstić information content (AvgIpc) is 2.77. The van der Waals surface area contributed by atoms with Crippen LogP contribution in [0.25, 0.3) is 10.2 Å². The van der Waals surface area contributed by atoms with Gasteiger partial charge in [0.2, 0.25) is 0 Å². The molecule has 0 spiro atoms. The maximum atomic E-state index is 8.91. The van der Waals surface area contributed by atoms with Gasteiger partial charge >= 0.3 is 0 Å². The molecule has 2 aromatic rings. The fourth-order valence-electron chi connectivity index (χ4n) is 1.43. The average molecular weight is 238 g/mol. The van der Waals surface area contributed by atoms with E-state index in [1.807, 2.05) is 17.6 Å². The summed E-state index contributed by atoms with van der Waals surface area (Å²) >= 11 is 1.66. The lowest BCUT2D eigenvalue weighted by atomic mass is 10.2. The minimum Gasteiger partial charge on any atom is -0.395 e. The Hall–Kier alpha value is -1.01. The molecule has 0 saturated carbocycles.